The average Bonchev–Trinajstić information content (AvgIpc) is 3.08. The maximum absolute atomic E-state index is 12.2. The Morgan fingerprint density at radius 1 is 1.12 bits per heavy atom. The minimum Gasteiger partial charge on any atom is -0.465 e. The number of esters is 1. The smallest absolute Gasteiger partial charge is 0.339 e. The molecular formula is C18H15N3O3S. The molecule has 6 nitrogen and oxygen atoms in total. The third-order valence-corrected chi connectivity index (χ3v) is 4.25. The number of thiazole rings is 1. The Bertz CT molecular complexity index is 902. The molecule has 0 saturated heterocycles. The Balaban J connectivity index is 1.69. The summed E-state index contributed by atoms with van der Waals surface area (Å²) < 4.78 is 4.60. The van der Waals surface area contributed by atoms with Gasteiger partial charge in [-0.15, -0.1) is 11.3 Å². The van der Waals surface area contributed by atoms with E-state index in [1.54, 1.807) is 11.3 Å². The van der Waals surface area contributed by atoms with Gasteiger partial charge in [-0.3, -0.25) is 9.78 Å². The lowest BCUT2D eigenvalue weighted by Gasteiger charge is -2.06. The van der Waals surface area contributed by atoms with Crippen LogP contribution in [0.1, 0.15) is 25.9 Å². The van der Waals surface area contributed by atoms with Crippen LogP contribution in [0.2, 0.25) is 0 Å². The van der Waals surface area contributed by atoms with E-state index in [1.165, 1.54) is 25.4 Å². The number of hydrogen-bond acceptors (Lipinski definition) is 6. The van der Waals surface area contributed by atoms with Crippen molar-refractivity contribution in [3.8, 4) is 11.3 Å². The Hall–Kier alpha value is -3.06. The van der Waals surface area contributed by atoms with Gasteiger partial charge in [-0.05, 0) is 31.2 Å². The van der Waals surface area contributed by atoms with Crippen molar-refractivity contribution in [3.63, 3.8) is 0 Å². The SMILES string of the molecule is COC(=O)c1ccc(C(=O)Nc2ccc(-c3csc(C)n3)cc2)nc1. The highest BCUT2D eigenvalue weighted by Crippen LogP contribution is 2.23. The topological polar surface area (TPSA) is 81.2 Å². The molecule has 0 saturated carbocycles. The lowest BCUT2D eigenvalue weighted by molar-refractivity contribution is 0.0600. The molecule has 0 bridgehead atoms. The Morgan fingerprint density at radius 2 is 1.88 bits per heavy atom. The number of pyridine rings is 1. The molecule has 7 heteroatoms. The van der Waals surface area contributed by atoms with E-state index in [4.69, 9.17) is 0 Å². The van der Waals surface area contributed by atoms with Crippen LogP contribution in [0, 0.1) is 6.92 Å². The van der Waals surface area contributed by atoms with Crippen LogP contribution in [-0.2, 0) is 4.74 Å². The number of amides is 1. The van der Waals surface area contributed by atoms with Crippen LogP contribution in [0.25, 0.3) is 11.3 Å². The summed E-state index contributed by atoms with van der Waals surface area (Å²) in [6.45, 7) is 1.96. The first-order chi connectivity index (χ1) is 12.1. The number of rotatable bonds is 4. The number of carbonyl (C=O) groups excluding carboxylic acids is 2. The summed E-state index contributed by atoms with van der Waals surface area (Å²) in [7, 11) is 1.29. The molecule has 0 spiro atoms. The first-order valence-corrected chi connectivity index (χ1v) is 8.33. The van der Waals surface area contributed by atoms with Gasteiger partial charge in [-0.2, -0.15) is 0 Å². The molecule has 25 heavy (non-hydrogen) atoms. The van der Waals surface area contributed by atoms with Gasteiger partial charge in [0.05, 0.1) is 23.4 Å². The number of nitrogens with zero attached hydrogens (tertiary/aromatic N) is 2. The van der Waals surface area contributed by atoms with Gasteiger partial charge in [-0.25, -0.2) is 9.78 Å². The van der Waals surface area contributed by atoms with E-state index in [0.717, 1.165) is 16.3 Å². The van der Waals surface area contributed by atoms with E-state index < -0.39 is 5.97 Å². The number of ether oxygens (including phenoxy) is 1. The fraction of sp³-hybridized carbons (Fsp3) is 0.111. The number of aryl methyl sites for hydroxylation is 1. The standard InChI is InChI=1S/C18H15N3O3S/c1-11-20-16(10-25-11)12-3-6-14(7-4-12)21-17(22)15-8-5-13(9-19-15)18(23)24-2/h3-10H,1-2H3,(H,21,22). The van der Waals surface area contributed by atoms with Crippen LogP contribution >= 0.6 is 11.3 Å². The van der Waals surface area contributed by atoms with Crippen molar-refractivity contribution in [1.82, 2.24) is 9.97 Å². The first-order valence-electron chi connectivity index (χ1n) is 7.45. The minimum absolute atomic E-state index is 0.215. The number of methoxy groups -OCH3 is 1. The Kier molecular flexibility index (Phi) is 4.85. The van der Waals surface area contributed by atoms with Crippen LogP contribution in [0.5, 0.6) is 0 Å². The van der Waals surface area contributed by atoms with E-state index in [9.17, 15) is 9.59 Å². The monoisotopic (exact) mass is 353 g/mol. The van der Waals surface area contributed by atoms with Crippen molar-refractivity contribution >= 4 is 28.9 Å². The summed E-state index contributed by atoms with van der Waals surface area (Å²) in [5.41, 5.74) is 3.07. The first kappa shape index (κ1) is 16.8. The van der Waals surface area contributed by atoms with E-state index in [2.05, 4.69) is 20.0 Å². The van der Waals surface area contributed by atoms with Crippen LogP contribution in [0.15, 0.2) is 48.0 Å². The number of anilines is 1. The normalized spacial score (nSPS) is 10.3. The number of benzene rings is 1. The number of aromatic nitrogens is 2. The molecular weight excluding hydrogens is 338 g/mol. The maximum Gasteiger partial charge on any atom is 0.339 e. The van der Waals surface area contributed by atoms with Gasteiger partial charge >= 0.3 is 5.97 Å². The molecule has 3 aromatic rings. The number of nitrogens with one attached hydrogen (secondary N) is 1. The predicted molar refractivity (Wildman–Crippen MR) is 95.8 cm³/mol. The van der Waals surface area contributed by atoms with Crippen molar-refractivity contribution in [2.45, 2.75) is 6.92 Å². The fourth-order valence-electron chi connectivity index (χ4n) is 2.18. The molecule has 3 rings (SSSR count). The molecule has 0 aliphatic carbocycles. The van der Waals surface area contributed by atoms with E-state index in [0.29, 0.717) is 11.3 Å². The number of carbonyl (C=O) groups is 2. The summed E-state index contributed by atoms with van der Waals surface area (Å²) in [6, 6.07) is 10.4. The second-order valence-electron chi connectivity index (χ2n) is 5.21. The molecule has 2 heterocycles. The van der Waals surface area contributed by atoms with Gasteiger partial charge in [0.2, 0.25) is 0 Å². The maximum atomic E-state index is 12.2. The molecule has 0 aliphatic rings. The van der Waals surface area contributed by atoms with E-state index in [-0.39, 0.29) is 11.6 Å². The van der Waals surface area contributed by atoms with Crippen molar-refractivity contribution in [1.29, 1.82) is 0 Å². The molecule has 0 aliphatic heterocycles. The lowest BCUT2D eigenvalue weighted by Crippen LogP contribution is -2.14. The molecule has 1 amide bonds. The second kappa shape index (κ2) is 7.23. The molecule has 0 unspecified atom stereocenters. The molecule has 0 radical (unpaired) electrons. The summed E-state index contributed by atoms with van der Waals surface area (Å²) in [4.78, 5) is 32.0. The molecule has 1 N–H and O–H groups in total. The summed E-state index contributed by atoms with van der Waals surface area (Å²) >= 11 is 1.59. The summed E-state index contributed by atoms with van der Waals surface area (Å²) in [6.07, 6.45) is 1.31. The Morgan fingerprint density at radius 3 is 2.44 bits per heavy atom. The highest BCUT2D eigenvalue weighted by atomic mass is 32.1. The van der Waals surface area contributed by atoms with Crippen molar-refractivity contribution in [3.05, 3.63) is 64.2 Å². The van der Waals surface area contributed by atoms with Crippen LogP contribution in [0.3, 0.4) is 0 Å². The summed E-state index contributed by atoms with van der Waals surface area (Å²) in [5.74, 6) is -0.846. The fourth-order valence-corrected chi connectivity index (χ4v) is 2.80. The third kappa shape index (κ3) is 3.89. The zero-order valence-electron chi connectivity index (χ0n) is 13.6. The highest BCUT2D eigenvalue weighted by Gasteiger charge is 2.11. The lowest BCUT2D eigenvalue weighted by atomic mass is 10.1. The quantitative estimate of drug-likeness (QED) is 0.726. The van der Waals surface area contributed by atoms with Crippen molar-refractivity contribution < 1.29 is 14.3 Å². The molecule has 126 valence electrons. The van der Waals surface area contributed by atoms with Crippen LogP contribution in [-0.4, -0.2) is 29.0 Å². The highest BCUT2D eigenvalue weighted by molar-refractivity contribution is 7.09. The van der Waals surface area contributed by atoms with Crippen molar-refractivity contribution in [2.75, 3.05) is 12.4 Å². The van der Waals surface area contributed by atoms with Gasteiger partial charge in [0.1, 0.15) is 5.69 Å². The zero-order valence-corrected chi connectivity index (χ0v) is 14.5. The molecule has 2 aromatic heterocycles. The van der Waals surface area contributed by atoms with Gasteiger partial charge < -0.3 is 10.1 Å². The Labute approximate surface area is 148 Å². The van der Waals surface area contributed by atoms with Gasteiger partial charge in [-0.1, -0.05) is 12.1 Å². The van der Waals surface area contributed by atoms with Crippen LogP contribution < -0.4 is 5.32 Å². The largest absolute Gasteiger partial charge is 0.465 e. The zero-order chi connectivity index (χ0) is 17.8. The predicted octanol–water partition coefficient (Wildman–Crippen LogP) is 3.55. The third-order valence-electron chi connectivity index (χ3n) is 3.47. The minimum atomic E-state index is -0.493. The van der Waals surface area contributed by atoms with E-state index in [1.807, 2.05) is 36.6 Å². The van der Waals surface area contributed by atoms with Gasteiger partial charge in [0, 0.05) is 22.8 Å². The molecule has 0 atom stereocenters. The van der Waals surface area contributed by atoms with Gasteiger partial charge in [0.15, 0.2) is 0 Å². The average molecular weight is 353 g/mol. The van der Waals surface area contributed by atoms with Crippen molar-refractivity contribution in [2.24, 2.45) is 0 Å². The summed E-state index contributed by atoms with van der Waals surface area (Å²) in [5, 5.41) is 5.77. The molecule has 0 fully saturated rings. The van der Waals surface area contributed by atoms with Crippen LogP contribution in [0.4, 0.5) is 5.69 Å². The second-order valence-corrected chi connectivity index (χ2v) is 6.27. The number of hydrogen-bond donors (Lipinski definition) is 1. The van der Waals surface area contributed by atoms with E-state index >= 15 is 0 Å². The molecule has 1 aromatic carbocycles. The van der Waals surface area contributed by atoms with Gasteiger partial charge in [0.25, 0.3) is 5.91 Å².